The topological polar surface area (TPSA) is 17.1 Å². The van der Waals surface area contributed by atoms with Crippen molar-refractivity contribution in [1.29, 1.82) is 0 Å². The van der Waals surface area contributed by atoms with Crippen LogP contribution in [0.25, 0.3) is 0 Å². The van der Waals surface area contributed by atoms with Crippen LogP contribution in [0.1, 0.15) is 18.1 Å². The van der Waals surface area contributed by atoms with Gasteiger partial charge < -0.3 is 0 Å². The molecule has 0 N–H and O–H groups in total. The van der Waals surface area contributed by atoms with Gasteiger partial charge in [-0.25, -0.2) is 4.39 Å². The molecule has 0 amide bonds. The maximum atomic E-state index is 13.1. The first-order chi connectivity index (χ1) is 8.24. The third-order valence-corrected chi connectivity index (χ3v) is 2.51. The molecule has 1 aromatic rings. The summed E-state index contributed by atoms with van der Waals surface area (Å²) in [5.41, 5.74) is -0.902. The summed E-state index contributed by atoms with van der Waals surface area (Å²) in [4.78, 5) is 11.2. The number of alkyl halides is 3. The van der Waals surface area contributed by atoms with Crippen molar-refractivity contribution in [3.63, 3.8) is 0 Å². The molecule has 98 valence electrons. The van der Waals surface area contributed by atoms with Crippen molar-refractivity contribution >= 4 is 5.78 Å². The second kappa shape index (κ2) is 5.33. The number of allylic oxidation sites excluding steroid dienone is 1. The third kappa shape index (κ3) is 3.68. The highest BCUT2D eigenvalue weighted by atomic mass is 19.4. The van der Waals surface area contributed by atoms with Gasteiger partial charge in [0.1, 0.15) is 5.82 Å². The summed E-state index contributed by atoms with van der Waals surface area (Å²) in [7, 11) is 0. The van der Waals surface area contributed by atoms with Crippen LogP contribution in [0.4, 0.5) is 17.6 Å². The van der Waals surface area contributed by atoms with Crippen molar-refractivity contribution in [2.75, 3.05) is 0 Å². The van der Waals surface area contributed by atoms with E-state index in [0.717, 1.165) is 18.2 Å². The zero-order chi connectivity index (χ0) is 13.9. The maximum Gasteiger partial charge on any atom is 0.416 e. The van der Waals surface area contributed by atoms with Crippen LogP contribution >= 0.6 is 0 Å². The minimum atomic E-state index is -4.59. The zero-order valence-electron chi connectivity index (χ0n) is 9.72. The lowest BCUT2D eigenvalue weighted by Gasteiger charge is -2.11. The summed E-state index contributed by atoms with van der Waals surface area (Å²) in [5.74, 6) is -1.77. The van der Waals surface area contributed by atoms with E-state index in [4.69, 9.17) is 0 Å². The molecule has 0 saturated carbocycles. The van der Waals surface area contributed by atoms with Crippen LogP contribution in [0.3, 0.4) is 0 Å². The molecule has 0 saturated heterocycles. The summed E-state index contributed by atoms with van der Waals surface area (Å²) < 4.78 is 50.5. The Hall–Kier alpha value is -1.65. The summed E-state index contributed by atoms with van der Waals surface area (Å²) in [6.07, 6.45) is -3.44. The van der Waals surface area contributed by atoms with Gasteiger partial charge in [-0.05, 0) is 36.3 Å². The molecule has 0 radical (unpaired) electrons. The number of hydrogen-bond donors (Lipinski definition) is 0. The highest BCUT2D eigenvalue weighted by Crippen LogP contribution is 2.30. The molecule has 1 unspecified atom stereocenters. The van der Waals surface area contributed by atoms with Gasteiger partial charge >= 0.3 is 6.18 Å². The molecular weight excluding hydrogens is 248 g/mol. The average molecular weight is 260 g/mol. The van der Waals surface area contributed by atoms with Gasteiger partial charge in [-0.2, -0.15) is 13.2 Å². The van der Waals surface area contributed by atoms with E-state index in [-0.39, 0.29) is 17.8 Å². The molecule has 0 aliphatic heterocycles. The SMILES string of the molecule is C=CC(=O)C(C)Cc1cc(F)cc(C(F)(F)F)c1. The van der Waals surface area contributed by atoms with Crippen LogP contribution in [0.2, 0.25) is 0 Å². The van der Waals surface area contributed by atoms with Crippen LogP contribution in [-0.4, -0.2) is 5.78 Å². The Morgan fingerprint density at radius 2 is 2.00 bits per heavy atom. The van der Waals surface area contributed by atoms with E-state index < -0.39 is 23.5 Å². The summed E-state index contributed by atoms with van der Waals surface area (Å²) >= 11 is 0. The number of ketones is 1. The largest absolute Gasteiger partial charge is 0.416 e. The Labute approximate surface area is 102 Å². The second-order valence-corrected chi connectivity index (χ2v) is 4.06. The molecule has 0 aliphatic carbocycles. The van der Waals surface area contributed by atoms with E-state index in [1.165, 1.54) is 0 Å². The lowest BCUT2D eigenvalue weighted by molar-refractivity contribution is -0.137. The lowest BCUT2D eigenvalue weighted by atomic mass is 9.96. The van der Waals surface area contributed by atoms with E-state index in [0.29, 0.717) is 6.07 Å². The molecule has 1 rings (SSSR count). The average Bonchev–Trinajstić information content (AvgIpc) is 2.25. The monoisotopic (exact) mass is 260 g/mol. The quantitative estimate of drug-likeness (QED) is 0.594. The molecule has 0 heterocycles. The van der Waals surface area contributed by atoms with E-state index in [1.807, 2.05) is 0 Å². The molecule has 1 nitrogen and oxygen atoms in total. The van der Waals surface area contributed by atoms with Crippen LogP contribution in [0.5, 0.6) is 0 Å². The Balaban J connectivity index is 3.00. The van der Waals surface area contributed by atoms with Crippen LogP contribution in [0, 0.1) is 11.7 Å². The summed E-state index contributed by atoms with van der Waals surface area (Å²) in [5, 5.41) is 0. The number of benzene rings is 1. The van der Waals surface area contributed by atoms with Crippen LogP contribution in [-0.2, 0) is 17.4 Å². The third-order valence-electron chi connectivity index (χ3n) is 2.51. The Morgan fingerprint density at radius 3 is 2.50 bits per heavy atom. The molecule has 5 heteroatoms. The fourth-order valence-electron chi connectivity index (χ4n) is 1.59. The Morgan fingerprint density at radius 1 is 1.39 bits per heavy atom. The molecule has 18 heavy (non-hydrogen) atoms. The first-order valence-corrected chi connectivity index (χ1v) is 5.27. The van der Waals surface area contributed by atoms with E-state index >= 15 is 0 Å². The van der Waals surface area contributed by atoms with Crippen molar-refractivity contribution in [1.82, 2.24) is 0 Å². The first kappa shape index (κ1) is 14.4. The zero-order valence-corrected chi connectivity index (χ0v) is 9.72. The van der Waals surface area contributed by atoms with Gasteiger partial charge in [0.25, 0.3) is 0 Å². The Kier molecular flexibility index (Phi) is 4.27. The van der Waals surface area contributed by atoms with E-state index in [1.54, 1.807) is 6.92 Å². The molecule has 0 aromatic heterocycles. The molecule has 0 aliphatic rings. The first-order valence-electron chi connectivity index (χ1n) is 5.27. The van der Waals surface area contributed by atoms with Crippen molar-refractivity contribution < 1.29 is 22.4 Å². The molecule has 0 bridgehead atoms. The van der Waals surface area contributed by atoms with Gasteiger partial charge in [-0.3, -0.25) is 4.79 Å². The predicted molar refractivity (Wildman–Crippen MR) is 59.5 cm³/mol. The minimum Gasteiger partial charge on any atom is -0.295 e. The standard InChI is InChI=1S/C13H12F4O/c1-3-12(18)8(2)4-9-5-10(13(15,16)17)7-11(14)6-9/h3,5-8H,1,4H2,2H3. The summed E-state index contributed by atoms with van der Waals surface area (Å²) in [6.45, 7) is 4.85. The highest BCUT2D eigenvalue weighted by Gasteiger charge is 2.31. The normalized spacial score (nSPS) is 13.2. The molecular formula is C13H12F4O. The summed E-state index contributed by atoms with van der Waals surface area (Å²) in [6, 6.07) is 2.29. The number of halogens is 4. The number of carbonyl (C=O) groups excluding carboxylic acids is 1. The second-order valence-electron chi connectivity index (χ2n) is 4.06. The van der Waals surface area contributed by atoms with Crippen LogP contribution in [0.15, 0.2) is 30.9 Å². The van der Waals surface area contributed by atoms with E-state index in [2.05, 4.69) is 6.58 Å². The van der Waals surface area contributed by atoms with Gasteiger partial charge in [-0.1, -0.05) is 13.5 Å². The molecule has 0 spiro atoms. The van der Waals surface area contributed by atoms with Crippen molar-refractivity contribution in [2.45, 2.75) is 19.5 Å². The van der Waals surface area contributed by atoms with Gasteiger partial charge in [0.2, 0.25) is 0 Å². The number of rotatable bonds is 4. The van der Waals surface area contributed by atoms with Gasteiger partial charge in [0.05, 0.1) is 5.56 Å². The predicted octanol–water partition coefficient (Wildman–Crippen LogP) is 3.78. The number of hydrogen-bond acceptors (Lipinski definition) is 1. The molecule has 1 aromatic carbocycles. The maximum absolute atomic E-state index is 13.1. The molecule has 1 atom stereocenters. The minimum absolute atomic E-state index is 0.0473. The lowest BCUT2D eigenvalue weighted by Crippen LogP contribution is -2.12. The highest BCUT2D eigenvalue weighted by molar-refractivity contribution is 5.91. The smallest absolute Gasteiger partial charge is 0.295 e. The fraction of sp³-hybridized carbons (Fsp3) is 0.308. The van der Waals surface area contributed by atoms with E-state index in [9.17, 15) is 22.4 Å². The van der Waals surface area contributed by atoms with Gasteiger partial charge in [-0.15, -0.1) is 0 Å². The number of carbonyl (C=O) groups is 1. The van der Waals surface area contributed by atoms with Gasteiger partial charge in [0.15, 0.2) is 5.78 Å². The Bertz CT molecular complexity index is 463. The van der Waals surface area contributed by atoms with Crippen molar-refractivity contribution in [3.05, 3.63) is 47.8 Å². The van der Waals surface area contributed by atoms with Crippen molar-refractivity contribution in [3.8, 4) is 0 Å². The fourth-order valence-corrected chi connectivity index (χ4v) is 1.59. The molecule has 0 fully saturated rings. The van der Waals surface area contributed by atoms with Crippen molar-refractivity contribution in [2.24, 2.45) is 5.92 Å². The van der Waals surface area contributed by atoms with Crippen LogP contribution < -0.4 is 0 Å². The van der Waals surface area contributed by atoms with Gasteiger partial charge in [0, 0.05) is 5.92 Å².